The number of benzene rings is 1. The molecule has 2 fully saturated rings. The summed E-state index contributed by atoms with van der Waals surface area (Å²) in [4.78, 5) is 11.5. The molecule has 96 valence electrons. The minimum Gasteiger partial charge on any atom is -0.298 e. The minimum absolute atomic E-state index is 0.552. The van der Waals surface area contributed by atoms with Crippen LogP contribution < -0.4 is 0 Å². The quantitative estimate of drug-likeness (QED) is 0.693. The molecule has 2 atom stereocenters. The molecule has 0 saturated heterocycles. The van der Waals surface area contributed by atoms with Crippen LogP contribution in [0.4, 0.5) is 0 Å². The summed E-state index contributed by atoms with van der Waals surface area (Å²) in [5, 5.41) is 0. The second kappa shape index (κ2) is 4.53. The van der Waals surface area contributed by atoms with Gasteiger partial charge in [0.05, 0.1) is 0 Å². The van der Waals surface area contributed by atoms with Crippen LogP contribution in [0.5, 0.6) is 0 Å². The van der Waals surface area contributed by atoms with Gasteiger partial charge in [-0.25, -0.2) is 0 Å². The topological polar surface area (TPSA) is 17.1 Å². The van der Waals surface area contributed by atoms with Crippen LogP contribution in [0.3, 0.4) is 0 Å². The predicted octanol–water partition coefficient (Wildman–Crippen LogP) is 4.53. The van der Waals surface area contributed by atoms with Crippen LogP contribution in [-0.2, 0) is 0 Å². The normalized spacial score (nSPS) is 22.6. The highest BCUT2D eigenvalue weighted by Crippen LogP contribution is 2.46. The van der Waals surface area contributed by atoms with E-state index in [0.717, 1.165) is 23.7 Å². The molecule has 2 aliphatic carbocycles. The minimum atomic E-state index is 0.552. The van der Waals surface area contributed by atoms with Crippen LogP contribution >= 0.6 is 0 Å². The Labute approximate surface area is 110 Å². The van der Waals surface area contributed by atoms with Crippen LogP contribution in [0.2, 0.25) is 0 Å². The number of carbonyl (C=O) groups excluding carboxylic acids is 1. The zero-order chi connectivity index (χ0) is 12.7. The number of hydrogen-bond acceptors (Lipinski definition) is 1. The van der Waals surface area contributed by atoms with Crippen LogP contribution in [0.25, 0.3) is 0 Å². The van der Waals surface area contributed by atoms with Gasteiger partial charge in [0, 0.05) is 5.56 Å². The van der Waals surface area contributed by atoms with E-state index in [-0.39, 0.29) is 0 Å². The fraction of sp³-hybridized carbons (Fsp3) is 0.588. The lowest BCUT2D eigenvalue weighted by Gasteiger charge is -2.19. The average Bonchev–Trinajstić information content (AvgIpc) is 3.27. The van der Waals surface area contributed by atoms with Gasteiger partial charge in [-0.2, -0.15) is 0 Å². The number of hydrogen-bond donors (Lipinski definition) is 0. The van der Waals surface area contributed by atoms with Gasteiger partial charge in [-0.1, -0.05) is 32.0 Å². The molecular weight excluding hydrogens is 220 g/mol. The van der Waals surface area contributed by atoms with Crippen molar-refractivity contribution in [1.82, 2.24) is 0 Å². The lowest BCUT2D eigenvalue weighted by Crippen LogP contribution is -2.07. The SMILES string of the molecule is CC(c1cccc(C(C)C2CC2)c1C=O)C1CC1. The molecule has 0 radical (unpaired) electrons. The molecule has 1 aromatic carbocycles. The molecule has 0 amide bonds. The van der Waals surface area contributed by atoms with Crippen molar-refractivity contribution in [2.24, 2.45) is 11.8 Å². The van der Waals surface area contributed by atoms with E-state index in [1.165, 1.54) is 36.8 Å². The van der Waals surface area contributed by atoms with Gasteiger partial charge in [0.2, 0.25) is 0 Å². The Hall–Kier alpha value is -1.11. The smallest absolute Gasteiger partial charge is 0.150 e. The van der Waals surface area contributed by atoms with Crippen LogP contribution in [0.15, 0.2) is 18.2 Å². The van der Waals surface area contributed by atoms with Gasteiger partial charge in [0.15, 0.2) is 6.29 Å². The van der Waals surface area contributed by atoms with Gasteiger partial charge in [0.25, 0.3) is 0 Å². The van der Waals surface area contributed by atoms with Crippen LogP contribution in [0, 0.1) is 11.8 Å². The number of carbonyl (C=O) groups is 1. The van der Waals surface area contributed by atoms with Crippen molar-refractivity contribution in [2.75, 3.05) is 0 Å². The van der Waals surface area contributed by atoms with Crippen LogP contribution in [-0.4, -0.2) is 6.29 Å². The average molecular weight is 242 g/mol. The summed E-state index contributed by atoms with van der Waals surface area (Å²) < 4.78 is 0. The molecule has 2 saturated carbocycles. The zero-order valence-electron chi connectivity index (χ0n) is 11.4. The molecular formula is C17H22O. The second-order valence-electron chi connectivity index (χ2n) is 6.22. The first-order valence-corrected chi connectivity index (χ1v) is 7.30. The van der Waals surface area contributed by atoms with E-state index in [2.05, 4.69) is 32.0 Å². The van der Waals surface area contributed by atoms with E-state index in [9.17, 15) is 4.79 Å². The summed E-state index contributed by atoms with van der Waals surface area (Å²) in [6.07, 6.45) is 6.44. The number of rotatable bonds is 5. The molecule has 1 nitrogen and oxygen atoms in total. The summed E-state index contributed by atoms with van der Waals surface area (Å²) in [5.41, 5.74) is 3.58. The van der Waals surface area contributed by atoms with Gasteiger partial charge >= 0.3 is 0 Å². The largest absolute Gasteiger partial charge is 0.298 e. The second-order valence-corrected chi connectivity index (χ2v) is 6.22. The van der Waals surface area contributed by atoms with Gasteiger partial charge in [0.1, 0.15) is 0 Å². The Morgan fingerprint density at radius 3 is 1.78 bits per heavy atom. The van der Waals surface area contributed by atoms with Gasteiger partial charge in [-0.05, 0) is 60.5 Å². The van der Waals surface area contributed by atoms with E-state index in [1.807, 2.05) is 0 Å². The lowest BCUT2D eigenvalue weighted by atomic mass is 9.84. The van der Waals surface area contributed by atoms with Crippen molar-refractivity contribution < 1.29 is 4.79 Å². The van der Waals surface area contributed by atoms with E-state index >= 15 is 0 Å². The maximum atomic E-state index is 11.5. The molecule has 1 aromatic rings. The zero-order valence-corrected chi connectivity index (χ0v) is 11.4. The van der Waals surface area contributed by atoms with E-state index in [0.29, 0.717) is 11.8 Å². The molecule has 2 aliphatic rings. The van der Waals surface area contributed by atoms with Gasteiger partial charge < -0.3 is 0 Å². The first-order chi connectivity index (χ1) is 8.72. The molecule has 0 N–H and O–H groups in total. The lowest BCUT2D eigenvalue weighted by molar-refractivity contribution is 0.112. The summed E-state index contributed by atoms with van der Waals surface area (Å²) in [6, 6.07) is 6.47. The molecule has 0 heterocycles. The Kier molecular flexibility index (Phi) is 3.01. The van der Waals surface area contributed by atoms with Crippen molar-refractivity contribution in [3.63, 3.8) is 0 Å². The third kappa shape index (κ3) is 2.11. The highest BCUT2D eigenvalue weighted by Gasteiger charge is 2.33. The Bertz CT molecular complexity index is 418. The summed E-state index contributed by atoms with van der Waals surface area (Å²) in [5.74, 6) is 2.73. The van der Waals surface area contributed by atoms with Crippen molar-refractivity contribution in [3.05, 3.63) is 34.9 Å². The Morgan fingerprint density at radius 2 is 1.44 bits per heavy atom. The molecule has 3 rings (SSSR count). The summed E-state index contributed by atoms with van der Waals surface area (Å²) in [7, 11) is 0. The van der Waals surface area contributed by atoms with Gasteiger partial charge in [-0.3, -0.25) is 4.79 Å². The monoisotopic (exact) mass is 242 g/mol. The predicted molar refractivity (Wildman–Crippen MR) is 74.1 cm³/mol. The van der Waals surface area contributed by atoms with E-state index < -0.39 is 0 Å². The maximum Gasteiger partial charge on any atom is 0.150 e. The summed E-state index contributed by atoms with van der Waals surface area (Å²) in [6.45, 7) is 4.57. The van der Waals surface area contributed by atoms with Crippen LogP contribution in [0.1, 0.15) is 72.9 Å². The first-order valence-electron chi connectivity index (χ1n) is 7.30. The first kappa shape index (κ1) is 12.0. The molecule has 0 spiro atoms. The van der Waals surface area contributed by atoms with Crippen molar-refractivity contribution in [2.45, 2.75) is 51.4 Å². The molecule has 0 bridgehead atoms. The van der Waals surface area contributed by atoms with E-state index in [4.69, 9.17) is 0 Å². The molecule has 1 heteroatoms. The number of aldehydes is 1. The third-order valence-electron chi connectivity index (χ3n) is 4.93. The van der Waals surface area contributed by atoms with Crippen molar-refractivity contribution in [1.29, 1.82) is 0 Å². The standard InChI is InChI=1S/C17H22O/c1-11(13-6-7-13)15-4-3-5-16(17(15)10-18)12(2)14-8-9-14/h3-5,10-14H,6-9H2,1-2H3. The van der Waals surface area contributed by atoms with Crippen molar-refractivity contribution >= 4 is 6.29 Å². The Balaban J connectivity index is 1.97. The highest BCUT2D eigenvalue weighted by molar-refractivity contribution is 5.80. The summed E-state index contributed by atoms with van der Waals surface area (Å²) >= 11 is 0. The Morgan fingerprint density at radius 1 is 1.00 bits per heavy atom. The molecule has 0 aromatic heterocycles. The fourth-order valence-electron chi connectivity index (χ4n) is 3.23. The molecule has 18 heavy (non-hydrogen) atoms. The van der Waals surface area contributed by atoms with E-state index in [1.54, 1.807) is 0 Å². The van der Waals surface area contributed by atoms with Gasteiger partial charge in [-0.15, -0.1) is 0 Å². The maximum absolute atomic E-state index is 11.5. The third-order valence-corrected chi connectivity index (χ3v) is 4.93. The fourth-order valence-corrected chi connectivity index (χ4v) is 3.23. The van der Waals surface area contributed by atoms with Crippen molar-refractivity contribution in [3.8, 4) is 0 Å². The molecule has 2 unspecified atom stereocenters. The highest BCUT2D eigenvalue weighted by atomic mass is 16.1. The molecule has 0 aliphatic heterocycles.